The quantitative estimate of drug-likeness (QED) is 0.325. The summed E-state index contributed by atoms with van der Waals surface area (Å²) in [7, 11) is 0. The van der Waals surface area contributed by atoms with Crippen molar-refractivity contribution in [2.45, 2.75) is 12.4 Å². The molecule has 0 unspecified atom stereocenters. The molecular formula is C8H13N3O6. The second-order valence-corrected chi connectivity index (χ2v) is 2.42. The van der Waals surface area contributed by atoms with Gasteiger partial charge in [-0.25, -0.2) is 0 Å². The first-order valence-corrected chi connectivity index (χ1v) is 3.92. The van der Waals surface area contributed by atoms with Crippen LogP contribution in [0.4, 0.5) is 0 Å². The molecule has 96 valence electrons. The SMILES string of the molecule is [2H]C([2H])(N)C(=O)N[C@H](C(=O)NC([2H])([2H])C(=O)O)C([2H])([2H])C(=O)O. The standard InChI is InChI=1S/C8H13N3O6/c9-2-5(12)11-4(1-6(13)14)8(17)10-3-7(15)16/h4H,1-3,9H2,(H,10,17)(H,11,12)(H,13,14)(H,15,16)/t4-/m0/s1/i1D2,2D2,3D2. The lowest BCUT2D eigenvalue weighted by Gasteiger charge is -2.15. The molecule has 17 heavy (non-hydrogen) atoms. The van der Waals surface area contributed by atoms with Crippen molar-refractivity contribution in [1.29, 1.82) is 0 Å². The Morgan fingerprint density at radius 3 is 2.24 bits per heavy atom. The van der Waals surface area contributed by atoms with Gasteiger partial charge in [0.15, 0.2) is 0 Å². The molecule has 9 nitrogen and oxygen atoms in total. The van der Waals surface area contributed by atoms with Gasteiger partial charge in [0.1, 0.15) is 12.5 Å². The summed E-state index contributed by atoms with van der Waals surface area (Å²) < 4.78 is 42.2. The number of hydrogen-bond donors (Lipinski definition) is 5. The molecular weight excluding hydrogens is 234 g/mol. The third-order valence-electron chi connectivity index (χ3n) is 1.23. The first-order valence-electron chi connectivity index (χ1n) is 6.92. The maximum atomic E-state index is 11.8. The van der Waals surface area contributed by atoms with E-state index < -0.39 is 49.2 Å². The fourth-order valence-corrected chi connectivity index (χ4v) is 0.651. The number of hydrogen-bond acceptors (Lipinski definition) is 5. The number of carboxylic acid groups (broad SMARTS) is 2. The van der Waals surface area contributed by atoms with Crippen LogP contribution in [-0.4, -0.2) is 53.0 Å². The molecule has 0 aromatic rings. The second kappa shape index (κ2) is 7.17. The normalized spacial score (nSPS) is 19.1. The Labute approximate surface area is 104 Å². The van der Waals surface area contributed by atoms with Gasteiger partial charge in [0.05, 0.1) is 18.4 Å². The number of carbonyl (C=O) groups excluding carboxylic acids is 2. The first kappa shape index (κ1) is 7.22. The van der Waals surface area contributed by atoms with Gasteiger partial charge < -0.3 is 26.6 Å². The molecule has 9 heteroatoms. The Morgan fingerprint density at radius 2 is 1.82 bits per heavy atom. The molecule has 0 aromatic heterocycles. The predicted octanol–water partition coefficient (Wildman–Crippen LogP) is -2.89. The lowest BCUT2D eigenvalue weighted by atomic mass is 10.2. The third kappa shape index (κ3) is 6.84. The van der Waals surface area contributed by atoms with Crippen molar-refractivity contribution in [2.24, 2.45) is 5.73 Å². The van der Waals surface area contributed by atoms with Crippen LogP contribution in [0.1, 0.15) is 14.6 Å². The number of carbonyl (C=O) groups is 4. The Bertz CT molecular complexity index is 533. The highest BCUT2D eigenvalue weighted by Gasteiger charge is 2.23. The van der Waals surface area contributed by atoms with Crippen molar-refractivity contribution >= 4 is 23.8 Å². The van der Waals surface area contributed by atoms with Gasteiger partial charge in [-0.3, -0.25) is 19.2 Å². The average Bonchev–Trinajstić information content (AvgIpc) is 2.32. The van der Waals surface area contributed by atoms with Gasteiger partial charge in [-0.1, -0.05) is 0 Å². The molecule has 0 spiro atoms. The zero-order valence-electron chi connectivity index (χ0n) is 14.2. The van der Waals surface area contributed by atoms with Crippen LogP contribution in [-0.2, 0) is 19.2 Å². The molecule has 0 radical (unpaired) electrons. The highest BCUT2D eigenvalue weighted by molar-refractivity contribution is 5.92. The Morgan fingerprint density at radius 1 is 1.24 bits per heavy atom. The van der Waals surface area contributed by atoms with Crippen molar-refractivity contribution in [2.75, 3.05) is 13.0 Å². The van der Waals surface area contributed by atoms with Gasteiger partial charge >= 0.3 is 11.9 Å². The number of aliphatic carboxylic acids is 2. The summed E-state index contributed by atoms with van der Waals surface area (Å²) in [6.45, 7) is -6.49. The summed E-state index contributed by atoms with van der Waals surface area (Å²) in [6, 6.07) is -2.65. The lowest BCUT2D eigenvalue weighted by Crippen LogP contribution is -2.50. The first-order chi connectivity index (χ1) is 10.0. The van der Waals surface area contributed by atoms with Crippen LogP contribution in [0.25, 0.3) is 0 Å². The zero-order valence-corrected chi connectivity index (χ0v) is 8.18. The van der Waals surface area contributed by atoms with Crippen molar-refractivity contribution in [1.82, 2.24) is 10.6 Å². The molecule has 0 aliphatic rings. The van der Waals surface area contributed by atoms with E-state index in [1.165, 1.54) is 10.6 Å². The summed E-state index contributed by atoms with van der Waals surface area (Å²) in [5.41, 5.74) is 4.77. The monoisotopic (exact) mass is 253 g/mol. The molecule has 0 saturated carbocycles. The number of carboxylic acids is 2. The van der Waals surface area contributed by atoms with Gasteiger partial charge in [-0.15, -0.1) is 0 Å². The molecule has 2 amide bonds. The minimum Gasteiger partial charge on any atom is -0.481 e. The summed E-state index contributed by atoms with van der Waals surface area (Å²) in [5.74, 6) is -8.02. The van der Waals surface area contributed by atoms with Gasteiger partial charge in [-0.05, 0) is 0 Å². The topological polar surface area (TPSA) is 159 Å². The summed E-state index contributed by atoms with van der Waals surface area (Å²) >= 11 is 0. The molecule has 0 bridgehead atoms. The van der Waals surface area contributed by atoms with Crippen LogP contribution in [0, 0.1) is 0 Å². The Balaban J connectivity index is 5.62. The van der Waals surface area contributed by atoms with Crippen molar-refractivity contribution in [3.05, 3.63) is 0 Å². The number of nitrogens with one attached hydrogen (secondary N) is 2. The van der Waals surface area contributed by atoms with E-state index in [0.717, 1.165) is 0 Å². The van der Waals surface area contributed by atoms with Crippen LogP contribution in [0.3, 0.4) is 0 Å². The minimum absolute atomic E-state index is 1.19. The predicted molar refractivity (Wildman–Crippen MR) is 53.9 cm³/mol. The van der Waals surface area contributed by atoms with E-state index in [1.54, 1.807) is 0 Å². The van der Waals surface area contributed by atoms with Crippen LogP contribution in [0.5, 0.6) is 0 Å². The highest BCUT2D eigenvalue weighted by Crippen LogP contribution is 1.92. The summed E-state index contributed by atoms with van der Waals surface area (Å²) in [4.78, 5) is 44.6. The molecule has 6 N–H and O–H groups in total. The van der Waals surface area contributed by atoms with Gasteiger partial charge in [-0.2, -0.15) is 0 Å². The minimum atomic E-state index is -3.51. The van der Waals surface area contributed by atoms with E-state index in [0.29, 0.717) is 0 Å². The average molecular weight is 253 g/mol. The Kier molecular flexibility index (Phi) is 3.05. The summed E-state index contributed by atoms with van der Waals surface area (Å²) in [5, 5.41) is 19.8. The highest BCUT2D eigenvalue weighted by atomic mass is 16.4. The number of amides is 2. The third-order valence-corrected chi connectivity index (χ3v) is 1.23. The molecule has 0 fully saturated rings. The van der Waals surface area contributed by atoms with E-state index >= 15 is 0 Å². The van der Waals surface area contributed by atoms with Gasteiger partial charge in [0.25, 0.3) is 0 Å². The molecule has 0 aliphatic carbocycles. The molecule has 0 rings (SSSR count). The smallest absolute Gasteiger partial charge is 0.322 e. The van der Waals surface area contributed by atoms with Gasteiger partial charge in [0.2, 0.25) is 11.8 Å². The second-order valence-electron chi connectivity index (χ2n) is 2.42. The maximum Gasteiger partial charge on any atom is 0.322 e. The van der Waals surface area contributed by atoms with Crippen LogP contribution >= 0.6 is 0 Å². The number of nitrogens with two attached hydrogens (primary N) is 1. The van der Waals surface area contributed by atoms with E-state index in [1.807, 2.05) is 0 Å². The van der Waals surface area contributed by atoms with E-state index in [9.17, 15) is 19.2 Å². The van der Waals surface area contributed by atoms with Crippen LogP contribution in [0.15, 0.2) is 0 Å². The lowest BCUT2D eigenvalue weighted by molar-refractivity contribution is -0.141. The van der Waals surface area contributed by atoms with E-state index in [4.69, 9.17) is 24.2 Å². The van der Waals surface area contributed by atoms with Crippen molar-refractivity contribution in [3.8, 4) is 0 Å². The zero-order chi connectivity index (χ0) is 18.8. The largest absolute Gasteiger partial charge is 0.481 e. The number of rotatable bonds is 7. The Hall–Kier alpha value is -2.16. The van der Waals surface area contributed by atoms with Crippen molar-refractivity contribution < 1.29 is 37.6 Å². The summed E-state index contributed by atoms with van der Waals surface area (Å²) in [6.07, 6.45) is -3.51. The molecule has 0 saturated heterocycles. The fraction of sp³-hybridized carbons (Fsp3) is 0.500. The van der Waals surface area contributed by atoms with E-state index in [-0.39, 0.29) is 0 Å². The maximum absolute atomic E-state index is 11.8. The van der Waals surface area contributed by atoms with Crippen LogP contribution in [0.2, 0.25) is 0 Å². The fourth-order valence-electron chi connectivity index (χ4n) is 0.651. The molecule has 0 aliphatic heterocycles. The molecule has 0 aromatic carbocycles. The molecule has 0 heterocycles. The van der Waals surface area contributed by atoms with Crippen LogP contribution < -0.4 is 16.4 Å². The van der Waals surface area contributed by atoms with Crippen molar-refractivity contribution in [3.63, 3.8) is 0 Å². The molecule has 1 atom stereocenters. The van der Waals surface area contributed by atoms with Gasteiger partial charge in [0, 0.05) is 2.74 Å². The van der Waals surface area contributed by atoms with E-state index in [2.05, 4.69) is 0 Å².